The SMILES string of the molecule is COC(=O)[C@H]1CC[C@H]1S(=O)O. The molecule has 0 spiro atoms. The quantitative estimate of drug-likeness (QED) is 0.483. The molecule has 0 aromatic carbocycles. The Labute approximate surface area is 67.2 Å². The second-order valence-corrected chi connectivity index (χ2v) is 3.68. The van der Waals surface area contributed by atoms with Crippen molar-refractivity contribution in [3.05, 3.63) is 0 Å². The normalized spacial score (nSPS) is 32.2. The van der Waals surface area contributed by atoms with Gasteiger partial charge < -0.3 is 9.29 Å². The van der Waals surface area contributed by atoms with E-state index in [1.807, 2.05) is 0 Å². The first-order valence-electron chi connectivity index (χ1n) is 3.34. The van der Waals surface area contributed by atoms with Crippen molar-refractivity contribution in [3.8, 4) is 0 Å². The number of hydrogen-bond acceptors (Lipinski definition) is 3. The smallest absolute Gasteiger partial charge is 0.309 e. The molecule has 0 aliphatic heterocycles. The Kier molecular flexibility index (Phi) is 2.62. The minimum atomic E-state index is -1.88. The summed E-state index contributed by atoms with van der Waals surface area (Å²) in [5.41, 5.74) is 0. The van der Waals surface area contributed by atoms with E-state index in [9.17, 15) is 9.00 Å². The standard InChI is InChI=1S/C6H10O4S/c1-10-6(7)4-2-3-5(4)11(8)9/h4-5H,2-3H2,1H3,(H,8,9)/t4-,5+/m0/s1. The molecule has 5 heteroatoms. The Morgan fingerprint density at radius 3 is 2.55 bits per heavy atom. The van der Waals surface area contributed by atoms with Gasteiger partial charge in [-0.05, 0) is 12.8 Å². The van der Waals surface area contributed by atoms with Gasteiger partial charge in [0.15, 0.2) is 11.1 Å². The summed E-state index contributed by atoms with van der Waals surface area (Å²) in [7, 11) is 1.29. The Balaban J connectivity index is 2.49. The molecular weight excluding hydrogens is 168 g/mol. The van der Waals surface area contributed by atoms with Crippen molar-refractivity contribution in [2.45, 2.75) is 18.1 Å². The van der Waals surface area contributed by atoms with E-state index in [0.29, 0.717) is 12.8 Å². The average molecular weight is 178 g/mol. The minimum absolute atomic E-state index is 0.356. The van der Waals surface area contributed by atoms with Crippen LogP contribution in [0.2, 0.25) is 0 Å². The van der Waals surface area contributed by atoms with E-state index in [1.54, 1.807) is 0 Å². The zero-order valence-electron chi connectivity index (χ0n) is 6.15. The molecule has 1 rings (SSSR count). The topological polar surface area (TPSA) is 63.6 Å². The monoisotopic (exact) mass is 178 g/mol. The average Bonchev–Trinajstić information content (AvgIpc) is 1.83. The fourth-order valence-electron chi connectivity index (χ4n) is 1.13. The maximum atomic E-state index is 10.8. The Morgan fingerprint density at radius 1 is 1.64 bits per heavy atom. The molecule has 0 aromatic heterocycles. The van der Waals surface area contributed by atoms with Crippen LogP contribution in [0.25, 0.3) is 0 Å². The van der Waals surface area contributed by atoms with Crippen molar-refractivity contribution in [1.82, 2.24) is 0 Å². The van der Waals surface area contributed by atoms with Gasteiger partial charge in [0.1, 0.15) is 0 Å². The molecule has 3 atom stereocenters. The lowest BCUT2D eigenvalue weighted by molar-refractivity contribution is -0.147. The van der Waals surface area contributed by atoms with Crippen LogP contribution in [-0.2, 0) is 20.6 Å². The molecule has 0 bridgehead atoms. The van der Waals surface area contributed by atoms with Gasteiger partial charge in [-0.1, -0.05) is 0 Å². The van der Waals surface area contributed by atoms with Gasteiger partial charge in [-0.2, -0.15) is 0 Å². The fourth-order valence-corrected chi connectivity index (χ4v) is 2.00. The van der Waals surface area contributed by atoms with Gasteiger partial charge >= 0.3 is 5.97 Å². The molecule has 0 amide bonds. The highest BCUT2D eigenvalue weighted by Crippen LogP contribution is 2.31. The zero-order valence-corrected chi connectivity index (χ0v) is 6.97. The number of methoxy groups -OCH3 is 1. The maximum absolute atomic E-state index is 10.8. The fraction of sp³-hybridized carbons (Fsp3) is 0.833. The lowest BCUT2D eigenvalue weighted by Gasteiger charge is -2.30. The van der Waals surface area contributed by atoms with Gasteiger partial charge in [-0.25, -0.2) is 4.21 Å². The van der Waals surface area contributed by atoms with Crippen LogP contribution >= 0.6 is 0 Å². The van der Waals surface area contributed by atoms with Crippen LogP contribution < -0.4 is 0 Å². The number of esters is 1. The lowest BCUT2D eigenvalue weighted by Crippen LogP contribution is -2.41. The maximum Gasteiger partial charge on any atom is 0.309 e. The highest BCUT2D eigenvalue weighted by atomic mass is 32.2. The minimum Gasteiger partial charge on any atom is -0.469 e. The summed E-state index contributed by atoms with van der Waals surface area (Å²) in [6.07, 6.45) is 1.31. The van der Waals surface area contributed by atoms with E-state index in [1.165, 1.54) is 7.11 Å². The lowest BCUT2D eigenvalue weighted by atomic mass is 9.85. The van der Waals surface area contributed by atoms with E-state index < -0.39 is 16.3 Å². The predicted octanol–water partition coefficient (Wildman–Crippen LogP) is 0.160. The zero-order chi connectivity index (χ0) is 8.43. The van der Waals surface area contributed by atoms with Crippen LogP contribution in [-0.4, -0.2) is 27.1 Å². The van der Waals surface area contributed by atoms with Crippen molar-refractivity contribution in [1.29, 1.82) is 0 Å². The Hall–Kier alpha value is -0.420. The van der Waals surface area contributed by atoms with E-state index >= 15 is 0 Å². The summed E-state index contributed by atoms with van der Waals surface area (Å²) < 4.78 is 23.6. The summed E-state index contributed by atoms with van der Waals surface area (Å²) in [5.74, 6) is -0.727. The van der Waals surface area contributed by atoms with Crippen LogP contribution in [0.1, 0.15) is 12.8 Å². The summed E-state index contributed by atoms with van der Waals surface area (Å²) in [5, 5.41) is -0.401. The molecule has 1 saturated carbocycles. The van der Waals surface area contributed by atoms with Crippen LogP contribution in [0.15, 0.2) is 0 Å². The second kappa shape index (κ2) is 3.32. The van der Waals surface area contributed by atoms with E-state index in [2.05, 4.69) is 4.74 Å². The molecule has 1 unspecified atom stereocenters. The third kappa shape index (κ3) is 1.59. The van der Waals surface area contributed by atoms with E-state index in [4.69, 9.17) is 4.55 Å². The van der Waals surface area contributed by atoms with Crippen molar-refractivity contribution >= 4 is 17.0 Å². The van der Waals surface area contributed by atoms with Crippen LogP contribution in [0, 0.1) is 5.92 Å². The summed E-state index contributed by atoms with van der Waals surface area (Å²) in [6, 6.07) is 0. The van der Waals surface area contributed by atoms with Gasteiger partial charge in [-0.3, -0.25) is 4.79 Å². The van der Waals surface area contributed by atoms with Crippen LogP contribution in [0.4, 0.5) is 0 Å². The third-order valence-electron chi connectivity index (χ3n) is 1.97. The molecule has 0 heterocycles. The van der Waals surface area contributed by atoms with Crippen molar-refractivity contribution < 1.29 is 18.3 Å². The predicted molar refractivity (Wildman–Crippen MR) is 39.3 cm³/mol. The summed E-state index contributed by atoms with van der Waals surface area (Å²) >= 11 is -1.88. The molecule has 1 aliphatic carbocycles. The molecular formula is C6H10O4S. The van der Waals surface area contributed by atoms with Gasteiger partial charge in [0.25, 0.3) is 0 Å². The molecule has 0 saturated heterocycles. The van der Waals surface area contributed by atoms with Crippen molar-refractivity contribution in [2.75, 3.05) is 7.11 Å². The summed E-state index contributed by atoms with van der Waals surface area (Å²) in [6.45, 7) is 0. The van der Waals surface area contributed by atoms with Gasteiger partial charge in [0.05, 0.1) is 18.3 Å². The van der Waals surface area contributed by atoms with E-state index in [-0.39, 0.29) is 11.9 Å². The summed E-state index contributed by atoms with van der Waals surface area (Å²) in [4.78, 5) is 10.8. The number of rotatable bonds is 2. The highest BCUT2D eigenvalue weighted by molar-refractivity contribution is 7.80. The largest absolute Gasteiger partial charge is 0.469 e. The molecule has 0 aromatic rings. The van der Waals surface area contributed by atoms with Gasteiger partial charge in [-0.15, -0.1) is 0 Å². The molecule has 1 N–H and O–H groups in total. The first kappa shape index (κ1) is 8.67. The Morgan fingerprint density at radius 2 is 2.27 bits per heavy atom. The number of ether oxygens (including phenoxy) is 1. The third-order valence-corrected chi connectivity index (χ3v) is 3.06. The van der Waals surface area contributed by atoms with Crippen LogP contribution in [0.5, 0.6) is 0 Å². The molecule has 1 fully saturated rings. The Bertz CT molecular complexity index is 191. The van der Waals surface area contributed by atoms with Gasteiger partial charge in [0, 0.05) is 0 Å². The highest BCUT2D eigenvalue weighted by Gasteiger charge is 2.41. The van der Waals surface area contributed by atoms with Gasteiger partial charge in [0.2, 0.25) is 0 Å². The first-order chi connectivity index (χ1) is 5.16. The molecule has 11 heavy (non-hydrogen) atoms. The van der Waals surface area contributed by atoms with E-state index in [0.717, 1.165) is 0 Å². The number of hydrogen-bond donors (Lipinski definition) is 1. The molecule has 0 radical (unpaired) electrons. The first-order valence-corrected chi connectivity index (χ1v) is 4.51. The molecule has 4 nitrogen and oxygen atoms in total. The number of carbonyl (C=O) groups is 1. The van der Waals surface area contributed by atoms with Crippen LogP contribution in [0.3, 0.4) is 0 Å². The molecule has 1 aliphatic rings. The molecule has 64 valence electrons. The number of carbonyl (C=O) groups excluding carboxylic acids is 1. The van der Waals surface area contributed by atoms with Crippen molar-refractivity contribution in [3.63, 3.8) is 0 Å². The second-order valence-electron chi connectivity index (χ2n) is 2.52. The van der Waals surface area contributed by atoms with Crippen molar-refractivity contribution in [2.24, 2.45) is 5.92 Å².